The van der Waals surface area contributed by atoms with Crippen molar-refractivity contribution >= 4 is 5.91 Å². The lowest BCUT2D eigenvalue weighted by molar-refractivity contribution is -0.162. The number of rotatable bonds is 4. The molecule has 0 atom stereocenters. The zero-order chi connectivity index (χ0) is 17.2. The highest BCUT2D eigenvalue weighted by Gasteiger charge is 2.35. The maximum atomic E-state index is 12.3. The van der Waals surface area contributed by atoms with Crippen molar-refractivity contribution in [2.45, 2.75) is 32.2 Å². The van der Waals surface area contributed by atoms with Gasteiger partial charge >= 0.3 is 6.18 Å². The molecular weight excluding hydrogens is 325 g/mol. The number of benzene rings is 1. The number of hydrogen-bond acceptors (Lipinski definition) is 4. The van der Waals surface area contributed by atoms with E-state index in [2.05, 4.69) is 4.98 Å². The number of carbonyl (C=O) groups excluding carboxylic acids is 1. The van der Waals surface area contributed by atoms with E-state index in [1.807, 2.05) is 18.2 Å². The molecule has 0 saturated carbocycles. The lowest BCUT2D eigenvalue weighted by Crippen LogP contribution is -2.37. The Morgan fingerprint density at radius 3 is 2.75 bits per heavy atom. The number of nitrogens with zero attached hydrogens (tertiary/aromatic N) is 2. The van der Waals surface area contributed by atoms with Crippen LogP contribution in [0.4, 0.5) is 13.2 Å². The number of oxazole rings is 1. The SMILES string of the molecule is O=C(CC(F)(F)F)N1CCc2nc(COc3ccccc3)oc2C1. The highest BCUT2D eigenvalue weighted by atomic mass is 19.4. The number of alkyl halides is 3. The summed E-state index contributed by atoms with van der Waals surface area (Å²) in [5.74, 6) is 0.472. The predicted octanol–water partition coefficient (Wildman–Crippen LogP) is 3.09. The molecule has 2 aromatic rings. The molecule has 0 saturated heterocycles. The molecule has 0 radical (unpaired) electrons. The van der Waals surface area contributed by atoms with E-state index in [9.17, 15) is 18.0 Å². The summed E-state index contributed by atoms with van der Waals surface area (Å²) in [5, 5.41) is 0. The van der Waals surface area contributed by atoms with Gasteiger partial charge < -0.3 is 14.1 Å². The summed E-state index contributed by atoms with van der Waals surface area (Å²) in [5.41, 5.74) is 0.665. The van der Waals surface area contributed by atoms with Gasteiger partial charge in [0.2, 0.25) is 11.8 Å². The second kappa shape index (κ2) is 6.54. The van der Waals surface area contributed by atoms with E-state index in [-0.39, 0.29) is 19.7 Å². The van der Waals surface area contributed by atoms with E-state index in [1.54, 1.807) is 12.1 Å². The average Bonchev–Trinajstić information content (AvgIpc) is 2.94. The second-order valence-corrected chi connectivity index (χ2v) is 5.44. The average molecular weight is 340 g/mol. The minimum absolute atomic E-state index is 0.00256. The van der Waals surface area contributed by atoms with Crippen LogP contribution in [0.5, 0.6) is 5.75 Å². The van der Waals surface area contributed by atoms with Gasteiger partial charge in [-0.25, -0.2) is 4.98 Å². The predicted molar refractivity (Wildman–Crippen MR) is 77.1 cm³/mol. The molecule has 1 aromatic carbocycles. The molecule has 0 unspecified atom stereocenters. The van der Waals surface area contributed by atoms with Gasteiger partial charge in [0, 0.05) is 13.0 Å². The van der Waals surface area contributed by atoms with E-state index < -0.39 is 18.5 Å². The molecule has 2 heterocycles. The number of para-hydroxylation sites is 1. The number of amides is 1. The third-order valence-corrected chi connectivity index (χ3v) is 3.59. The van der Waals surface area contributed by atoms with Crippen molar-refractivity contribution in [2.24, 2.45) is 0 Å². The Bertz CT molecular complexity index is 713. The molecule has 0 aliphatic carbocycles. The molecule has 0 N–H and O–H groups in total. The van der Waals surface area contributed by atoms with Crippen molar-refractivity contribution in [3.05, 3.63) is 47.7 Å². The van der Waals surface area contributed by atoms with Crippen LogP contribution in [0.2, 0.25) is 0 Å². The fraction of sp³-hybridized carbons (Fsp3) is 0.375. The Morgan fingerprint density at radius 2 is 2.04 bits per heavy atom. The van der Waals surface area contributed by atoms with Crippen LogP contribution in [0.1, 0.15) is 23.8 Å². The van der Waals surface area contributed by atoms with Gasteiger partial charge in [-0.3, -0.25) is 4.79 Å². The maximum absolute atomic E-state index is 12.3. The molecule has 1 amide bonds. The van der Waals surface area contributed by atoms with Gasteiger partial charge in [-0.2, -0.15) is 13.2 Å². The highest BCUT2D eigenvalue weighted by molar-refractivity contribution is 5.77. The van der Waals surface area contributed by atoms with Gasteiger partial charge in [0.25, 0.3) is 0 Å². The van der Waals surface area contributed by atoms with Crippen molar-refractivity contribution in [3.8, 4) is 5.75 Å². The smallest absolute Gasteiger partial charge is 0.397 e. The Kier molecular flexibility index (Phi) is 4.46. The monoisotopic (exact) mass is 340 g/mol. The first-order valence-corrected chi connectivity index (χ1v) is 7.40. The first kappa shape index (κ1) is 16.4. The minimum atomic E-state index is -4.51. The van der Waals surface area contributed by atoms with Gasteiger partial charge in [0.15, 0.2) is 6.61 Å². The second-order valence-electron chi connectivity index (χ2n) is 5.44. The van der Waals surface area contributed by atoms with Crippen LogP contribution in [0, 0.1) is 0 Å². The lowest BCUT2D eigenvalue weighted by Gasteiger charge is -2.25. The van der Waals surface area contributed by atoms with Crippen LogP contribution in [-0.4, -0.2) is 28.5 Å². The van der Waals surface area contributed by atoms with E-state index in [0.29, 0.717) is 29.5 Å². The van der Waals surface area contributed by atoms with E-state index in [4.69, 9.17) is 9.15 Å². The third kappa shape index (κ3) is 4.06. The molecule has 1 aliphatic rings. The molecule has 0 bridgehead atoms. The summed E-state index contributed by atoms with van der Waals surface area (Å²) in [4.78, 5) is 17.1. The fourth-order valence-electron chi connectivity index (χ4n) is 2.47. The number of ether oxygens (including phenoxy) is 1. The quantitative estimate of drug-likeness (QED) is 0.858. The summed E-state index contributed by atoms with van der Waals surface area (Å²) < 4.78 is 48.0. The number of carbonyl (C=O) groups is 1. The molecule has 1 aromatic heterocycles. The van der Waals surface area contributed by atoms with Gasteiger partial charge in [0.1, 0.15) is 17.9 Å². The first-order chi connectivity index (χ1) is 11.4. The summed E-state index contributed by atoms with van der Waals surface area (Å²) in [6.07, 6.45) is -5.60. The summed E-state index contributed by atoms with van der Waals surface area (Å²) >= 11 is 0. The number of aromatic nitrogens is 1. The van der Waals surface area contributed by atoms with Crippen LogP contribution in [0.3, 0.4) is 0 Å². The van der Waals surface area contributed by atoms with Crippen molar-refractivity contribution in [2.75, 3.05) is 6.54 Å². The van der Waals surface area contributed by atoms with E-state index >= 15 is 0 Å². The zero-order valence-electron chi connectivity index (χ0n) is 12.7. The van der Waals surface area contributed by atoms with Gasteiger partial charge in [0.05, 0.1) is 12.2 Å². The molecule has 24 heavy (non-hydrogen) atoms. The summed E-state index contributed by atoms with van der Waals surface area (Å²) in [7, 11) is 0. The molecule has 128 valence electrons. The minimum Gasteiger partial charge on any atom is -0.484 e. The molecule has 1 aliphatic heterocycles. The van der Waals surface area contributed by atoms with Crippen LogP contribution in [0.15, 0.2) is 34.7 Å². The van der Waals surface area contributed by atoms with Crippen molar-refractivity contribution < 1.29 is 27.1 Å². The maximum Gasteiger partial charge on any atom is 0.397 e. The van der Waals surface area contributed by atoms with Gasteiger partial charge in [-0.15, -0.1) is 0 Å². The highest BCUT2D eigenvalue weighted by Crippen LogP contribution is 2.25. The summed E-state index contributed by atoms with van der Waals surface area (Å²) in [6.45, 7) is 0.323. The Balaban J connectivity index is 1.61. The molecule has 5 nitrogen and oxygen atoms in total. The first-order valence-electron chi connectivity index (χ1n) is 7.40. The number of halogens is 3. The third-order valence-electron chi connectivity index (χ3n) is 3.59. The number of hydrogen-bond donors (Lipinski definition) is 0. The van der Waals surface area contributed by atoms with Crippen LogP contribution in [0.25, 0.3) is 0 Å². The van der Waals surface area contributed by atoms with E-state index in [0.717, 1.165) is 4.90 Å². The Hall–Kier alpha value is -2.51. The van der Waals surface area contributed by atoms with Crippen molar-refractivity contribution in [1.29, 1.82) is 0 Å². The van der Waals surface area contributed by atoms with Crippen molar-refractivity contribution in [3.63, 3.8) is 0 Å². The topological polar surface area (TPSA) is 55.6 Å². The molecule has 3 rings (SSSR count). The van der Waals surface area contributed by atoms with Crippen LogP contribution in [-0.2, 0) is 24.4 Å². The standard InChI is InChI=1S/C16H15F3N2O3/c17-16(18,19)8-15(22)21-7-6-12-13(9-21)24-14(20-12)10-23-11-4-2-1-3-5-11/h1-5H,6-10H2. The Labute approximate surface area is 136 Å². The zero-order valence-corrected chi connectivity index (χ0v) is 12.7. The van der Waals surface area contributed by atoms with Gasteiger partial charge in [-0.05, 0) is 12.1 Å². The lowest BCUT2D eigenvalue weighted by atomic mass is 10.1. The van der Waals surface area contributed by atoms with Gasteiger partial charge in [-0.1, -0.05) is 18.2 Å². The van der Waals surface area contributed by atoms with Crippen LogP contribution >= 0.6 is 0 Å². The van der Waals surface area contributed by atoms with Crippen molar-refractivity contribution in [1.82, 2.24) is 9.88 Å². The molecular formula is C16H15F3N2O3. The summed E-state index contributed by atoms with van der Waals surface area (Å²) in [6, 6.07) is 9.12. The van der Waals surface area contributed by atoms with Crippen LogP contribution < -0.4 is 4.74 Å². The molecule has 0 fully saturated rings. The molecule has 8 heteroatoms. The molecule has 0 spiro atoms. The normalized spacial score (nSPS) is 14.4. The Morgan fingerprint density at radius 1 is 1.29 bits per heavy atom. The number of fused-ring (bicyclic) bond motifs is 1. The fourth-order valence-corrected chi connectivity index (χ4v) is 2.47. The van der Waals surface area contributed by atoms with E-state index in [1.165, 1.54) is 0 Å². The largest absolute Gasteiger partial charge is 0.484 e.